The van der Waals surface area contributed by atoms with Crippen LogP contribution in [0.4, 0.5) is 0 Å². The van der Waals surface area contributed by atoms with E-state index in [0.29, 0.717) is 22.4 Å². The van der Waals surface area contributed by atoms with Gasteiger partial charge in [-0.15, -0.1) is 0 Å². The Morgan fingerprint density at radius 2 is 2.33 bits per heavy atom. The summed E-state index contributed by atoms with van der Waals surface area (Å²) in [6.45, 7) is 0. The maximum absolute atomic E-state index is 11.6. The number of aromatic nitrogens is 3. The molecule has 0 saturated heterocycles. The average Bonchev–Trinajstić information content (AvgIpc) is 3.12. The van der Waals surface area contributed by atoms with E-state index in [1.165, 1.54) is 0 Å². The van der Waals surface area contributed by atoms with E-state index in [1.807, 2.05) is 0 Å². The Hall–Kier alpha value is -1.75. The maximum atomic E-state index is 11.6. The van der Waals surface area contributed by atoms with Gasteiger partial charge in [-0.1, -0.05) is 16.8 Å². The number of nitrogens with zero attached hydrogens (tertiary/aromatic N) is 3. The molecule has 2 heterocycles. The summed E-state index contributed by atoms with van der Waals surface area (Å²) in [6, 6.07) is 3.43. The molecule has 2 aromatic heterocycles. The number of hydrogen-bond acceptors (Lipinski definition) is 5. The lowest BCUT2D eigenvalue weighted by Crippen LogP contribution is -2.04. The van der Waals surface area contributed by atoms with Crippen molar-refractivity contribution in [2.24, 2.45) is 5.92 Å². The Morgan fingerprint density at radius 1 is 1.50 bits per heavy atom. The van der Waals surface area contributed by atoms with Crippen LogP contribution in [-0.4, -0.2) is 20.9 Å². The van der Waals surface area contributed by atoms with Crippen LogP contribution in [0.5, 0.6) is 0 Å². The Labute approximate surface area is 108 Å². The van der Waals surface area contributed by atoms with Crippen LogP contribution in [-0.2, 0) is 11.2 Å². The molecule has 0 atom stereocenters. The van der Waals surface area contributed by atoms with Crippen LogP contribution in [0.3, 0.4) is 0 Å². The first-order valence-electron chi connectivity index (χ1n) is 5.70. The van der Waals surface area contributed by atoms with E-state index in [2.05, 4.69) is 15.1 Å². The molecule has 1 aliphatic rings. The van der Waals surface area contributed by atoms with Gasteiger partial charge >= 0.3 is 0 Å². The van der Waals surface area contributed by atoms with Crippen LogP contribution in [0.2, 0.25) is 5.02 Å². The zero-order valence-electron chi connectivity index (χ0n) is 9.47. The van der Waals surface area contributed by atoms with Crippen molar-refractivity contribution < 1.29 is 9.32 Å². The van der Waals surface area contributed by atoms with E-state index < -0.39 is 0 Å². The molecule has 0 aliphatic heterocycles. The summed E-state index contributed by atoms with van der Waals surface area (Å²) in [6.07, 6.45) is 3.76. The van der Waals surface area contributed by atoms with Gasteiger partial charge in [0.1, 0.15) is 11.5 Å². The zero-order valence-corrected chi connectivity index (χ0v) is 10.2. The molecular formula is C12H10ClN3O2. The monoisotopic (exact) mass is 263 g/mol. The third-order valence-corrected chi connectivity index (χ3v) is 3.10. The van der Waals surface area contributed by atoms with Crippen LogP contribution < -0.4 is 0 Å². The molecule has 1 saturated carbocycles. The van der Waals surface area contributed by atoms with E-state index in [-0.39, 0.29) is 18.1 Å². The summed E-state index contributed by atoms with van der Waals surface area (Å²) in [5, 5.41) is 4.25. The third-order valence-electron chi connectivity index (χ3n) is 2.80. The van der Waals surface area contributed by atoms with Crippen molar-refractivity contribution in [1.82, 2.24) is 15.1 Å². The summed E-state index contributed by atoms with van der Waals surface area (Å²) in [5.74, 6) is 0.999. The number of Topliss-reactive ketones (excluding diaryl/α,β-unsaturated/α-hetero) is 1. The first-order chi connectivity index (χ1) is 8.74. The SMILES string of the molecule is O=C(Cc1nc(-c2ncccc2Cl)no1)C1CC1. The summed E-state index contributed by atoms with van der Waals surface area (Å²) in [4.78, 5) is 19.9. The molecule has 0 aromatic carbocycles. The maximum Gasteiger partial charge on any atom is 0.234 e. The molecule has 2 aromatic rings. The lowest BCUT2D eigenvalue weighted by Gasteiger charge is -1.94. The topological polar surface area (TPSA) is 68.9 Å². The van der Waals surface area contributed by atoms with Gasteiger partial charge in [0.25, 0.3) is 0 Å². The summed E-state index contributed by atoms with van der Waals surface area (Å²) in [5.41, 5.74) is 0.466. The fourth-order valence-electron chi connectivity index (χ4n) is 1.67. The minimum absolute atomic E-state index is 0.164. The number of carbonyl (C=O) groups is 1. The van der Waals surface area contributed by atoms with Crippen LogP contribution in [0.1, 0.15) is 18.7 Å². The predicted octanol–water partition coefficient (Wildman–Crippen LogP) is 2.31. The molecule has 1 fully saturated rings. The third kappa shape index (κ3) is 2.26. The fourth-order valence-corrected chi connectivity index (χ4v) is 1.88. The van der Waals surface area contributed by atoms with Crippen LogP contribution >= 0.6 is 11.6 Å². The van der Waals surface area contributed by atoms with Crippen molar-refractivity contribution in [1.29, 1.82) is 0 Å². The number of hydrogen-bond donors (Lipinski definition) is 0. The summed E-state index contributed by atoms with van der Waals surface area (Å²) < 4.78 is 5.04. The summed E-state index contributed by atoms with van der Waals surface area (Å²) >= 11 is 5.98. The predicted molar refractivity (Wildman–Crippen MR) is 64.0 cm³/mol. The van der Waals surface area contributed by atoms with E-state index in [9.17, 15) is 4.79 Å². The van der Waals surface area contributed by atoms with Gasteiger partial charge in [0, 0.05) is 12.1 Å². The second kappa shape index (κ2) is 4.49. The highest BCUT2D eigenvalue weighted by atomic mass is 35.5. The van der Waals surface area contributed by atoms with Gasteiger partial charge < -0.3 is 4.52 Å². The zero-order chi connectivity index (χ0) is 12.5. The minimum Gasteiger partial charge on any atom is -0.338 e. The largest absolute Gasteiger partial charge is 0.338 e. The lowest BCUT2D eigenvalue weighted by atomic mass is 10.2. The molecule has 0 unspecified atom stereocenters. The lowest BCUT2D eigenvalue weighted by molar-refractivity contribution is -0.119. The van der Waals surface area contributed by atoms with Crippen molar-refractivity contribution in [3.63, 3.8) is 0 Å². The first kappa shape index (κ1) is 11.3. The molecule has 0 radical (unpaired) electrons. The molecule has 5 nitrogen and oxygen atoms in total. The standard InChI is InChI=1S/C12H10ClN3O2/c13-8-2-1-5-14-11(8)12-15-10(18-16-12)6-9(17)7-3-4-7/h1-2,5,7H,3-4,6H2. The van der Waals surface area contributed by atoms with Crippen molar-refractivity contribution >= 4 is 17.4 Å². The van der Waals surface area contributed by atoms with Crippen molar-refractivity contribution in [3.8, 4) is 11.5 Å². The Bertz CT molecular complexity index is 593. The van der Waals surface area contributed by atoms with Gasteiger partial charge in [0.05, 0.1) is 11.4 Å². The molecule has 0 bridgehead atoms. The van der Waals surface area contributed by atoms with E-state index in [1.54, 1.807) is 18.3 Å². The first-order valence-corrected chi connectivity index (χ1v) is 6.08. The van der Waals surface area contributed by atoms with Gasteiger partial charge in [0.15, 0.2) is 0 Å². The Morgan fingerprint density at radius 3 is 3.06 bits per heavy atom. The highest BCUT2D eigenvalue weighted by Gasteiger charge is 2.30. The van der Waals surface area contributed by atoms with Gasteiger partial charge in [0.2, 0.25) is 11.7 Å². The molecule has 0 N–H and O–H groups in total. The molecule has 0 spiro atoms. The van der Waals surface area contributed by atoms with Gasteiger partial charge in [-0.05, 0) is 25.0 Å². The number of carbonyl (C=O) groups excluding carboxylic acids is 1. The summed E-state index contributed by atoms with van der Waals surface area (Å²) in [7, 11) is 0. The average molecular weight is 264 g/mol. The minimum atomic E-state index is 0.164. The number of rotatable bonds is 4. The second-order valence-corrected chi connectivity index (χ2v) is 4.67. The van der Waals surface area contributed by atoms with E-state index in [0.717, 1.165) is 12.8 Å². The van der Waals surface area contributed by atoms with Crippen molar-refractivity contribution in [2.75, 3.05) is 0 Å². The van der Waals surface area contributed by atoms with Gasteiger partial charge in [-0.2, -0.15) is 4.98 Å². The molecule has 3 rings (SSSR count). The molecular weight excluding hydrogens is 254 g/mol. The number of pyridine rings is 1. The Kier molecular flexibility index (Phi) is 2.83. The van der Waals surface area contributed by atoms with Crippen LogP contribution in [0.25, 0.3) is 11.5 Å². The molecule has 1 aliphatic carbocycles. The smallest absolute Gasteiger partial charge is 0.234 e. The molecule has 18 heavy (non-hydrogen) atoms. The Balaban J connectivity index is 1.80. The highest BCUT2D eigenvalue weighted by molar-refractivity contribution is 6.32. The van der Waals surface area contributed by atoms with Crippen molar-refractivity contribution in [2.45, 2.75) is 19.3 Å². The molecule has 0 amide bonds. The quantitative estimate of drug-likeness (QED) is 0.847. The number of ketones is 1. The van der Waals surface area contributed by atoms with Gasteiger partial charge in [-0.25, -0.2) is 0 Å². The van der Waals surface area contributed by atoms with E-state index in [4.69, 9.17) is 16.1 Å². The second-order valence-electron chi connectivity index (χ2n) is 4.26. The van der Waals surface area contributed by atoms with Crippen LogP contribution in [0, 0.1) is 5.92 Å². The van der Waals surface area contributed by atoms with Crippen LogP contribution in [0.15, 0.2) is 22.9 Å². The number of halogens is 1. The van der Waals surface area contributed by atoms with Gasteiger partial charge in [-0.3, -0.25) is 9.78 Å². The van der Waals surface area contributed by atoms with E-state index >= 15 is 0 Å². The molecule has 92 valence electrons. The fraction of sp³-hybridized carbons (Fsp3) is 0.333. The van der Waals surface area contributed by atoms with Crippen molar-refractivity contribution in [3.05, 3.63) is 29.2 Å². The molecule has 6 heteroatoms. The normalized spacial score (nSPS) is 14.7. The highest BCUT2D eigenvalue weighted by Crippen LogP contribution is 2.31.